The molecule has 1 aliphatic heterocycles. The van der Waals surface area contributed by atoms with Gasteiger partial charge in [0.15, 0.2) is 5.82 Å². The van der Waals surface area contributed by atoms with Crippen molar-refractivity contribution in [2.45, 2.75) is 20.3 Å². The molecule has 2 aromatic heterocycles. The predicted molar refractivity (Wildman–Crippen MR) is 204 cm³/mol. The molecule has 0 amide bonds. The van der Waals surface area contributed by atoms with Gasteiger partial charge in [0.05, 0.1) is 27.4 Å². The van der Waals surface area contributed by atoms with E-state index in [-0.39, 0.29) is 5.25 Å². The molecular weight excluding hydrogens is 635 g/mol. The van der Waals surface area contributed by atoms with Crippen LogP contribution in [0.1, 0.15) is 21.8 Å². The first-order valence-electron chi connectivity index (χ1n) is 16.6. The van der Waals surface area contributed by atoms with Crippen molar-refractivity contribution in [1.29, 1.82) is 0 Å². The molecule has 2 aliphatic rings. The van der Waals surface area contributed by atoms with E-state index in [1.54, 1.807) is 0 Å². The van der Waals surface area contributed by atoms with E-state index in [1.165, 1.54) is 43.1 Å². The number of hydrogen-bond donors (Lipinski definition) is 0. The average Bonchev–Trinajstić information content (AvgIpc) is 3.53. The molecule has 0 bridgehead atoms. The molecule has 0 spiro atoms. The molecule has 0 N–H and O–H groups in total. The van der Waals surface area contributed by atoms with Gasteiger partial charge in [0.25, 0.3) is 0 Å². The minimum atomic E-state index is 0.260. The fraction of sp³-hybridized carbons (Fsp3) is 0.0455. The minimum absolute atomic E-state index is 0.260. The van der Waals surface area contributed by atoms with Gasteiger partial charge in [-0.1, -0.05) is 115 Å². The SMILES string of the molecule is c1ccc(-c2cc(-c3ccccc3)nc(-c3ccc(-n4c5c(c6ccccc64)-c4ccccc4C4Sc6ccccc6SC54)cc3)n2)cc1. The number of para-hydroxylation sites is 1. The lowest BCUT2D eigenvalue weighted by molar-refractivity contribution is 0.817. The third-order valence-corrected chi connectivity index (χ3v) is 12.6. The van der Waals surface area contributed by atoms with Crippen LogP contribution in [0.4, 0.5) is 0 Å². The predicted octanol–water partition coefficient (Wildman–Crippen LogP) is 12.1. The van der Waals surface area contributed by atoms with Gasteiger partial charge in [0.1, 0.15) is 0 Å². The summed E-state index contributed by atoms with van der Waals surface area (Å²) in [5, 5.41) is 1.87. The largest absolute Gasteiger partial charge is 0.312 e. The van der Waals surface area contributed by atoms with Gasteiger partial charge in [-0.15, -0.1) is 23.5 Å². The number of aromatic nitrogens is 3. The quantitative estimate of drug-likeness (QED) is 0.187. The van der Waals surface area contributed by atoms with Crippen molar-refractivity contribution in [3.8, 4) is 50.7 Å². The zero-order chi connectivity index (χ0) is 32.3. The van der Waals surface area contributed by atoms with E-state index in [2.05, 4.69) is 156 Å². The second-order valence-corrected chi connectivity index (χ2v) is 14.8. The van der Waals surface area contributed by atoms with Crippen molar-refractivity contribution in [3.05, 3.63) is 175 Å². The van der Waals surface area contributed by atoms with E-state index >= 15 is 0 Å². The van der Waals surface area contributed by atoms with E-state index in [9.17, 15) is 0 Å². The molecule has 3 nitrogen and oxygen atoms in total. The maximum atomic E-state index is 5.09. The number of hydrogen-bond acceptors (Lipinski definition) is 4. The molecule has 2 atom stereocenters. The number of benzene rings is 6. The lowest BCUT2D eigenvalue weighted by atomic mass is 9.87. The summed E-state index contributed by atoms with van der Waals surface area (Å²) in [7, 11) is 0. The topological polar surface area (TPSA) is 30.7 Å². The molecule has 5 heteroatoms. The molecule has 1 aliphatic carbocycles. The molecule has 8 aromatic rings. The van der Waals surface area contributed by atoms with E-state index in [4.69, 9.17) is 9.97 Å². The van der Waals surface area contributed by atoms with Crippen molar-refractivity contribution in [1.82, 2.24) is 14.5 Å². The molecular formula is C44H29N3S2. The van der Waals surface area contributed by atoms with E-state index in [0.717, 1.165) is 39.6 Å². The zero-order valence-corrected chi connectivity index (χ0v) is 28.0. The maximum absolute atomic E-state index is 5.09. The first-order valence-corrected chi connectivity index (χ1v) is 18.3. The lowest BCUT2D eigenvalue weighted by Crippen LogP contribution is -2.18. The van der Waals surface area contributed by atoms with Gasteiger partial charge >= 0.3 is 0 Å². The Kier molecular flexibility index (Phi) is 6.81. The van der Waals surface area contributed by atoms with Crippen LogP contribution in [-0.2, 0) is 0 Å². The fourth-order valence-electron chi connectivity index (χ4n) is 7.38. The van der Waals surface area contributed by atoms with Crippen LogP contribution < -0.4 is 0 Å². The van der Waals surface area contributed by atoms with Crippen molar-refractivity contribution >= 4 is 34.4 Å². The second-order valence-electron chi connectivity index (χ2n) is 12.5. The van der Waals surface area contributed by atoms with Crippen molar-refractivity contribution in [2.75, 3.05) is 0 Å². The van der Waals surface area contributed by atoms with Gasteiger partial charge in [-0.05, 0) is 59.7 Å². The summed E-state index contributed by atoms with van der Waals surface area (Å²) in [5.74, 6) is 0.719. The zero-order valence-electron chi connectivity index (χ0n) is 26.4. The Balaban J connectivity index is 1.14. The second kappa shape index (κ2) is 11.7. The Bertz CT molecular complexity index is 2450. The standard InChI is InChI=1S/C44H29N3S2/c1-3-13-28(14-4-1)35-27-36(29-15-5-2-6-16-29)46-44(45-35)30-23-25-31(26-24-30)47-37-20-10-9-19-34(37)40-32-17-7-8-18-33(32)42-43(41(40)47)49-39-22-12-11-21-38(39)48-42/h1-27,42-43H. The van der Waals surface area contributed by atoms with Gasteiger partial charge in [0.2, 0.25) is 0 Å². The van der Waals surface area contributed by atoms with Crippen LogP contribution in [0, 0.1) is 0 Å². The molecule has 2 unspecified atom stereocenters. The Morgan fingerprint density at radius 3 is 1.76 bits per heavy atom. The summed E-state index contributed by atoms with van der Waals surface area (Å²) in [5.41, 5.74) is 12.8. The maximum Gasteiger partial charge on any atom is 0.160 e. The summed E-state index contributed by atoms with van der Waals surface area (Å²) in [4.78, 5) is 12.9. The van der Waals surface area contributed by atoms with Gasteiger partial charge < -0.3 is 4.57 Å². The number of nitrogens with zero attached hydrogens (tertiary/aromatic N) is 3. The monoisotopic (exact) mass is 663 g/mol. The third kappa shape index (κ3) is 4.76. The van der Waals surface area contributed by atoms with Crippen molar-refractivity contribution in [2.24, 2.45) is 0 Å². The molecule has 0 saturated heterocycles. The molecule has 0 fully saturated rings. The smallest absolute Gasteiger partial charge is 0.160 e. The Morgan fingerprint density at radius 2 is 1.06 bits per heavy atom. The number of fused-ring (bicyclic) bond motifs is 9. The molecule has 0 radical (unpaired) electrons. The number of rotatable bonds is 4. The average molecular weight is 664 g/mol. The summed E-state index contributed by atoms with van der Waals surface area (Å²) < 4.78 is 2.51. The molecule has 0 saturated carbocycles. The van der Waals surface area contributed by atoms with Gasteiger partial charge in [0, 0.05) is 48.8 Å². The van der Waals surface area contributed by atoms with Crippen LogP contribution in [-0.4, -0.2) is 14.5 Å². The van der Waals surface area contributed by atoms with Gasteiger partial charge in [-0.2, -0.15) is 0 Å². The van der Waals surface area contributed by atoms with Crippen LogP contribution in [0.25, 0.3) is 61.6 Å². The van der Waals surface area contributed by atoms with Crippen LogP contribution in [0.15, 0.2) is 174 Å². The Morgan fingerprint density at radius 1 is 0.490 bits per heavy atom. The van der Waals surface area contributed by atoms with Gasteiger partial charge in [-0.25, -0.2) is 9.97 Å². The summed E-state index contributed by atoms with van der Waals surface area (Å²) in [6.45, 7) is 0. The summed E-state index contributed by atoms with van der Waals surface area (Å²) >= 11 is 4.02. The van der Waals surface area contributed by atoms with Crippen LogP contribution >= 0.6 is 23.5 Å². The highest BCUT2D eigenvalue weighted by molar-refractivity contribution is 8.06. The first kappa shape index (κ1) is 28.6. The number of thioether (sulfide) groups is 2. The summed E-state index contributed by atoms with van der Waals surface area (Å²) in [6, 6.07) is 58.5. The van der Waals surface area contributed by atoms with Crippen LogP contribution in [0.5, 0.6) is 0 Å². The summed E-state index contributed by atoms with van der Waals surface area (Å²) in [6.07, 6.45) is 0. The minimum Gasteiger partial charge on any atom is -0.312 e. The molecule has 3 heterocycles. The Hall–Kier alpha value is -5.36. The lowest BCUT2D eigenvalue weighted by Gasteiger charge is -2.38. The highest BCUT2D eigenvalue weighted by Gasteiger charge is 2.42. The van der Waals surface area contributed by atoms with E-state index < -0.39 is 0 Å². The fourth-order valence-corrected chi connectivity index (χ4v) is 10.4. The molecule has 10 rings (SSSR count). The third-order valence-electron chi connectivity index (χ3n) is 9.60. The highest BCUT2D eigenvalue weighted by Crippen LogP contribution is 2.65. The van der Waals surface area contributed by atoms with E-state index in [0.29, 0.717) is 5.25 Å². The molecule has 6 aromatic carbocycles. The van der Waals surface area contributed by atoms with Crippen molar-refractivity contribution < 1.29 is 0 Å². The van der Waals surface area contributed by atoms with E-state index in [1.807, 2.05) is 35.7 Å². The van der Waals surface area contributed by atoms with Crippen LogP contribution in [0.3, 0.4) is 0 Å². The molecule has 232 valence electrons. The van der Waals surface area contributed by atoms with Gasteiger partial charge in [-0.3, -0.25) is 0 Å². The van der Waals surface area contributed by atoms with Crippen LogP contribution in [0.2, 0.25) is 0 Å². The Labute approximate surface area is 293 Å². The van der Waals surface area contributed by atoms with Crippen molar-refractivity contribution in [3.63, 3.8) is 0 Å². The normalized spacial score (nSPS) is 16.0. The molecule has 49 heavy (non-hydrogen) atoms. The first-order chi connectivity index (χ1) is 24.3. The highest BCUT2D eigenvalue weighted by atomic mass is 32.2.